The fourth-order valence-corrected chi connectivity index (χ4v) is 2.74. The van der Waals surface area contributed by atoms with Gasteiger partial charge in [0.05, 0.1) is 11.4 Å². The maximum absolute atomic E-state index is 12.8. The number of urea groups is 1. The Morgan fingerprint density at radius 2 is 1.67 bits per heavy atom. The number of imide groups is 1. The number of rotatable bonds is 6. The largest absolute Gasteiger partial charge is 0.448 e. The van der Waals surface area contributed by atoms with Crippen LogP contribution in [0.5, 0.6) is 0 Å². The van der Waals surface area contributed by atoms with Gasteiger partial charge in [-0.25, -0.2) is 14.3 Å². The molecule has 1 aromatic heterocycles. The molecule has 0 aliphatic heterocycles. The number of aromatic nitrogens is 2. The van der Waals surface area contributed by atoms with Crippen LogP contribution in [0.25, 0.3) is 16.9 Å². The van der Waals surface area contributed by atoms with Gasteiger partial charge in [-0.2, -0.15) is 5.10 Å². The Balaban J connectivity index is 1.86. The number of amides is 3. The standard InChI is InChI=1S/C22H22N4O4/c1-3-23-22(29)24-20(27)15(2)30-21(28)19-14-18(16-10-6-4-7-11-16)25-26(19)17-12-8-5-9-13-17/h4-15H,3H2,1-2H3,(H2,23,24,27,29). The Bertz CT molecular complexity index is 1030. The van der Waals surface area contributed by atoms with Gasteiger partial charge >= 0.3 is 12.0 Å². The molecule has 0 saturated heterocycles. The molecule has 0 saturated carbocycles. The topological polar surface area (TPSA) is 102 Å². The smallest absolute Gasteiger partial charge is 0.357 e. The Kier molecular flexibility index (Phi) is 6.59. The molecule has 0 spiro atoms. The first-order chi connectivity index (χ1) is 14.5. The predicted octanol–water partition coefficient (Wildman–Crippen LogP) is 2.93. The summed E-state index contributed by atoms with van der Waals surface area (Å²) >= 11 is 0. The number of esters is 1. The maximum Gasteiger partial charge on any atom is 0.357 e. The van der Waals surface area contributed by atoms with E-state index >= 15 is 0 Å². The van der Waals surface area contributed by atoms with Crippen LogP contribution in [-0.2, 0) is 9.53 Å². The third-order valence-corrected chi connectivity index (χ3v) is 4.22. The third-order valence-electron chi connectivity index (χ3n) is 4.22. The second-order valence-corrected chi connectivity index (χ2v) is 6.42. The van der Waals surface area contributed by atoms with Crippen molar-refractivity contribution in [2.75, 3.05) is 6.54 Å². The lowest BCUT2D eigenvalue weighted by Crippen LogP contribution is -2.44. The first-order valence-electron chi connectivity index (χ1n) is 9.50. The summed E-state index contributed by atoms with van der Waals surface area (Å²) in [5, 5.41) is 9.12. The van der Waals surface area contributed by atoms with E-state index in [0.717, 1.165) is 5.56 Å². The zero-order valence-electron chi connectivity index (χ0n) is 16.7. The molecule has 0 radical (unpaired) electrons. The number of benzene rings is 2. The van der Waals surface area contributed by atoms with E-state index in [2.05, 4.69) is 15.7 Å². The molecule has 1 atom stereocenters. The summed E-state index contributed by atoms with van der Waals surface area (Å²) in [4.78, 5) is 36.5. The second-order valence-electron chi connectivity index (χ2n) is 6.42. The molecule has 154 valence electrons. The molecular formula is C22H22N4O4. The van der Waals surface area contributed by atoms with E-state index in [1.807, 2.05) is 60.7 Å². The predicted molar refractivity (Wildman–Crippen MR) is 111 cm³/mol. The van der Waals surface area contributed by atoms with E-state index in [1.165, 1.54) is 11.6 Å². The monoisotopic (exact) mass is 406 g/mol. The second kappa shape index (κ2) is 9.51. The molecular weight excluding hydrogens is 384 g/mol. The molecule has 0 aliphatic carbocycles. The Morgan fingerprint density at radius 1 is 1.03 bits per heavy atom. The third kappa shape index (κ3) is 4.91. The van der Waals surface area contributed by atoms with Crippen molar-refractivity contribution in [2.24, 2.45) is 0 Å². The average molecular weight is 406 g/mol. The molecule has 0 fully saturated rings. The molecule has 8 nitrogen and oxygen atoms in total. The molecule has 8 heteroatoms. The van der Waals surface area contributed by atoms with Crippen LogP contribution >= 0.6 is 0 Å². The van der Waals surface area contributed by atoms with Crippen molar-refractivity contribution in [3.05, 3.63) is 72.4 Å². The van der Waals surface area contributed by atoms with Crippen molar-refractivity contribution < 1.29 is 19.1 Å². The highest BCUT2D eigenvalue weighted by Gasteiger charge is 2.24. The van der Waals surface area contributed by atoms with Crippen LogP contribution in [-0.4, -0.2) is 40.3 Å². The van der Waals surface area contributed by atoms with Crippen LogP contribution in [0.2, 0.25) is 0 Å². The summed E-state index contributed by atoms with van der Waals surface area (Å²) in [6.45, 7) is 3.49. The Hall–Kier alpha value is -3.94. The molecule has 3 rings (SSSR count). The van der Waals surface area contributed by atoms with E-state index in [4.69, 9.17) is 4.74 Å². The number of nitrogens with zero attached hydrogens (tertiary/aromatic N) is 2. The minimum absolute atomic E-state index is 0.165. The van der Waals surface area contributed by atoms with E-state index in [-0.39, 0.29) is 5.69 Å². The molecule has 0 bridgehead atoms. The summed E-state index contributed by atoms with van der Waals surface area (Å²) in [5.41, 5.74) is 2.26. The van der Waals surface area contributed by atoms with Gasteiger partial charge < -0.3 is 10.1 Å². The lowest BCUT2D eigenvalue weighted by atomic mass is 10.1. The minimum atomic E-state index is -1.17. The van der Waals surface area contributed by atoms with Crippen LogP contribution < -0.4 is 10.6 Å². The van der Waals surface area contributed by atoms with Crippen molar-refractivity contribution in [1.82, 2.24) is 20.4 Å². The number of ether oxygens (including phenoxy) is 1. The maximum atomic E-state index is 12.8. The highest BCUT2D eigenvalue weighted by Crippen LogP contribution is 2.22. The van der Waals surface area contributed by atoms with E-state index < -0.39 is 24.0 Å². The zero-order valence-corrected chi connectivity index (χ0v) is 16.7. The van der Waals surface area contributed by atoms with Gasteiger partial charge in [0.15, 0.2) is 11.8 Å². The van der Waals surface area contributed by atoms with Gasteiger partial charge in [0, 0.05) is 12.1 Å². The van der Waals surface area contributed by atoms with Crippen LogP contribution in [0, 0.1) is 0 Å². The Labute approximate surface area is 173 Å². The highest BCUT2D eigenvalue weighted by molar-refractivity contribution is 5.98. The zero-order chi connectivity index (χ0) is 21.5. The fourth-order valence-electron chi connectivity index (χ4n) is 2.74. The van der Waals surface area contributed by atoms with Gasteiger partial charge in [-0.3, -0.25) is 10.1 Å². The number of carbonyl (C=O) groups excluding carboxylic acids is 3. The molecule has 3 aromatic rings. The van der Waals surface area contributed by atoms with Gasteiger partial charge in [-0.05, 0) is 32.0 Å². The summed E-state index contributed by atoms with van der Waals surface area (Å²) < 4.78 is 6.77. The van der Waals surface area contributed by atoms with Gasteiger partial charge in [0.2, 0.25) is 0 Å². The van der Waals surface area contributed by atoms with Crippen LogP contribution in [0.3, 0.4) is 0 Å². The van der Waals surface area contributed by atoms with E-state index in [9.17, 15) is 14.4 Å². The van der Waals surface area contributed by atoms with Crippen molar-refractivity contribution in [1.29, 1.82) is 0 Å². The SMILES string of the molecule is CCNC(=O)NC(=O)C(C)OC(=O)c1cc(-c2ccccc2)nn1-c1ccccc1. The van der Waals surface area contributed by atoms with Crippen molar-refractivity contribution in [3.63, 3.8) is 0 Å². The van der Waals surface area contributed by atoms with Crippen LogP contribution in [0.15, 0.2) is 66.7 Å². The summed E-state index contributed by atoms with van der Waals surface area (Å²) in [5.74, 6) is -1.45. The Morgan fingerprint density at radius 3 is 2.30 bits per heavy atom. The molecule has 1 unspecified atom stereocenters. The lowest BCUT2D eigenvalue weighted by Gasteiger charge is -2.13. The molecule has 0 aliphatic rings. The van der Waals surface area contributed by atoms with Gasteiger partial charge in [0.1, 0.15) is 0 Å². The highest BCUT2D eigenvalue weighted by atomic mass is 16.5. The van der Waals surface area contributed by atoms with Crippen LogP contribution in [0.1, 0.15) is 24.3 Å². The molecule has 2 aromatic carbocycles. The van der Waals surface area contributed by atoms with Gasteiger partial charge in [-0.15, -0.1) is 0 Å². The molecule has 3 amide bonds. The quantitative estimate of drug-likeness (QED) is 0.613. The van der Waals surface area contributed by atoms with E-state index in [1.54, 1.807) is 13.0 Å². The van der Waals surface area contributed by atoms with Crippen molar-refractivity contribution in [3.8, 4) is 16.9 Å². The molecule has 30 heavy (non-hydrogen) atoms. The van der Waals surface area contributed by atoms with Crippen molar-refractivity contribution in [2.45, 2.75) is 20.0 Å². The lowest BCUT2D eigenvalue weighted by molar-refractivity contribution is -0.127. The normalized spacial score (nSPS) is 11.4. The average Bonchev–Trinajstić information content (AvgIpc) is 3.21. The summed E-state index contributed by atoms with van der Waals surface area (Å²) in [7, 11) is 0. The first-order valence-corrected chi connectivity index (χ1v) is 9.50. The number of nitrogens with one attached hydrogen (secondary N) is 2. The number of hydrogen-bond donors (Lipinski definition) is 2. The molecule has 1 heterocycles. The van der Waals surface area contributed by atoms with Gasteiger partial charge in [0.25, 0.3) is 5.91 Å². The van der Waals surface area contributed by atoms with E-state index in [0.29, 0.717) is 17.9 Å². The summed E-state index contributed by atoms with van der Waals surface area (Å²) in [6, 6.07) is 19.5. The number of para-hydroxylation sites is 1. The van der Waals surface area contributed by atoms with Gasteiger partial charge in [-0.1, -0.05) is 48.5 Å². The first kappa shape index (κ1) is 20.8. The molecule has 2 N–H and O–H groups in total. The number of hydrogen-bond acceptors (Lipinski definition) is 5. The van der Waals surface area contributed by atoms with Crippen molar-refractivity contribution >= 4 is 17.9 Å². The summed E-state index contributed by atoms with van der Waals surface area (Å²) in [6.07, 6.45) is -1.17. The van der Waals surface area contributed by atoms with Crippen LogP contribution in [0.4, 0.5) is 4.79 Å². The minimum Gasteiger partial charge on any atom is -0.448 e. The fraction of sp³-hybridized carbons (Fsp3) is 0.182. The number of carbonyl (C=O) groups is 3.